The molecule has 1 aromatic carbocycles. The fourth-order valence-electron chi connectivity index (χ4n) is 3.94. The van der Waals surface area contributed by atoms with E-state index in [1.165, 1.54) is 11.0 Å². The van der Waals surface area contributed by atoms with Gasteiger partial charge in [-0.05, 0) is 63.5 Å². The molecule has 3 amide bonds. The molecule has 2 aliphatic heterocycles. The number of rotatable bonds is 3. The molecule has 3 rings (SSSR count). The van der Waals surface area contributed by atoms with Crippen LogP contribution in [0.2, 0.25) is 0 Å². The Kier molecular flexibility index (Phi) is 5.68. The molecule has 156 valence electrons. The van der Waals surface area contributed by atoms with Crippen LogP contribution < -0.4 is 4.90 Å². The number of carbonyl (C=O) groups is 3. The van der Waals surface area contributed by atoms with Gasteiger partial charge < -0.3 is 19.4 Å². The molecule has 2 bridgehead atoms. The number of nitrogens with zero attached hydrogens (tertiary/aromatic N) is 3. The number of piperidine rings is 1. The van der Waals surface area contributed by atoms with Crippen LogP contribution in [0.5, 0.6) is 0 Å². The standard InChI is InChI=1S/C22H29N3O4/c1-6-19(26)23(5)17-9-7-16(8-10-17)20(27)25-13-15-11-18(25)14-24(12-15)21(28)29-22(2,3)4/h6-10,15,18H,1,11-14H2,2-5H3. The number of benzene rings is 1. The van der Waals surface area contributed by atoms with Crippen molar-refractivity contribution >= 4 is 23.6 Å². The van der Waals surface area contributed by atoms with Crippen molar-refractivity contribution in [2.45, 2.75) is 38.8 Å². The number of anilines is 1. The molecule has 2 fully saturated rings. The van der Waals surface area contributed by atoms with Crippen molar-refractivity contribution in [3.8, 4) is 0 Å². The highest BCUT2D eigenvalue weighted by Crippen LogP contribution is 2.32. The SMILES string of the molecule is C=CC(=O)N(C)c1ccc(C(=O)N2CC3CC2CN(C(=O)OC(C)(C)C)C3)cc1. The molecule has 0 aromatic heterocycles. The van der Waals surface area contributed by atoms with Gasteiger partial charge in [-0.15, -0.1) is 0 Å². The van der Waals surface area contributed by atoms with Gasteiger partial charge in [0.15, 0.2) is 0 Å². The summed E-state index contributed by atoms with van der Waals surface area (Å²) in [7, 11) is 1.66. The minimum atomic E-state index is -0.537. The van der Waals surface area contributed by atoms with E-state index >= 15 is 0 Å². The Balaban J connectivity index is 1.67. The Bertz CT molecular complexity index is 812. The van der Waals surface area contributed by atoms with E-state index in [0.29, 0.717) is 30.9 Å². The van der Waals surface area contributed by atoms with Crippen molar-refractivity contribution in [1.82, 2.24) is 9.80 Å². The zero-order valence-corrected chi connectivity index (χ0v) is 17.6. The summed E-state index contributed by atoms with van der Waals surface area (Å²) in [6.45, 7) is 10.8. The van der Waals surface area contributed by atoms with Crippen LogP contribution in [0.1, 0.15) is 37.6 Å². The van der Waals surface area contributed by atoms with E-state index in [1.54, 1.807) is 36.2 Å². The van der Waals surface area contributed by atoms with Crippen molar-refractivity contribution < 1.29 is 19.1 Å². The van der Waals surface area contributed by atoms with Gasteiger partial charge >= 0.3 is 6.09 Å². The van der Waals surface area contributed by atoms with Crippen molar-refractivity contribution in [2.24, 2.45) is 5.92 Å². The summed E-state index contributed by atoms with van der Waals surface area (Å²) in [5.41, 5.74) is 0.734. The molecule has 0 N–H and O–H groups in total. The predicted octanol–water partition coefficient (Wildman–Crippen LogP) is 2.92. The number of ether oxygens (including phenoxy) is 1. The molecule has 2 atom stereocenters. The van der Waals surface area contributed by atoms with Crippen LogP contribution in [0.15, 0.2) is 36.9 Å². The first-order valence-electron chi connectivity index (χ1n) is 9.88. The van der Waals surface area contributed by atoms with Crippen molar-refractivity contribution in [1.29, 1.82) is 0 Å². The van der Waals surface area contributed by atoms with Crippen LogP contribution in [-0.2, 0) is 9.53 Å². The average molecular weight is 399 g/mol. The first-order valence-corrected chi connectivity index (χ1v) is 9.88. The first-order chi connectivity index (χ1) is 13.6. The van der Waals surface area contributed by atoms with E-state index in [2.05, 4.69) is 6.58 Å². The summed E-state index contributed by atoms with van der Waals surface area (Å²) >= 11 is 0. The normalized spacial score (nSPS) is 21.0. The second-order valence-electron chi connectivity index (χ2n) is 8.75. The Morgan fingerprint density at radius 2 is 1.79 bits per heavy atom. The average Bonchev–Trinajstić information content (AvgIpc) is 2.98. The number of carbonyl (C=O) groups excluding carboxylic acids is 3. The lowest BCUT2D eigenvalue weighted by molar-refractivity contribution is -0.113. The Hall–Kier alpha value is -2.83. The predicted molar refractivity (Wildman–Crippen MR) is 111 cm³/mol. The van der Waals surface area contributed by atoms with Crippen LogP contribution in [-0.4, -0.2) is 66.0 Å². The third-order valence-corrected chi connectivity index (χ3v) is 5.33. The largest absolute Gasteiger partial charge is 0.444 e. The van der Waals surface area contributed by atoms with Crippen LogP contribution in [0.4, 0.5) is 10.5 Å². The molecule has 2 saturated heterocycles. The highest BCUT2D eigenvalue weighted by atomic mass is 16.6. The number of fused-ring (bicyclic) bond motifs is 2. The van der Waals surface area contributed by atoms with Gasteiger partial charge in [0.2, 0.25) is 5.91 Å². The van der Waals surface area contributed by atoms with E-state index in [-0.39, 0.29) is 29.9 Å². The Morgan fingerprint density at radius 3 is 2.38 bits per heavy atom. The van der Waals surface area contributed by atoms with Gasteiger partial charge in [-0.2, -0.15) is 0 Å². The van der Waals surface area contributed by atoms with Crippen molar-refractivity contribution in [3.05, 3.63) is 42.5 Å². The molecule has 7 heteroatoms. The van der Waals surface area contributed by atoms with Gasteiger partial charge in [0, 0.05) is 37.9 Å². The monoisotopic (exact) mass is 399 g/mol. The summed E-state index contributed by atoms with van der Waals surface area (Å²) in [5, 5.41) is 0. The van der Waals surface area contributed by atoms with Crippen LogP contribution >= 0.6 is 0 Å². The third kappa shape index (κ3) is 4.60. The summed E-state index contributed by atoms with van der Waals surface area (Å²) in [4.78, 5) is 42.3. The molecule has 0 spiro atoms. The lowest BCUT2D eigenvalue weighted by Crippen LogP contribution is -2.47. The van der Waals surface area contributed by atoms with Gasteiger partial charge in [-0.3, -0.25) is 9.59 Å². The zero-order chi connectivity index (χ0) is 21.3. The molecule has 7 nitrogen and oxygen atoms in total. The molecular weight excluding hydrogens is 370 g/mol. The molecule has 29 heavy (non-hydrogen) atoms. The maximum atomic E-state index is 13.1. The number of likely N-dealkylation sites (N-methyl/N-ethyl adjacent to an activating group) is 1. The Morgan fingerprint density at radius 1 is 1.14 bits per heavy atom. The molecule has 2 heterocycles. The van der Waals surface area contributed by atoms with Gasteiger partial charge in [0.25, 0.3) is 5.91 Å². The second-order valence-corrected chi connectivity index (χ2v) is 8.75. The fraction of sp³-hybridized carbons (Fsp3) is 0.500. The molecule has 0 aliphatic carbocycles. The number of hydrogen-bond donors (Lipinski definition) is 0. The van der Waals surface area contributed by atoms with Gasteiger partial charge in [-0.25, -0.2) is 4.79 Å². The van der Waals surface area contributed by atoms with E-state index in [4.69, 9.17) is 4.74 Å². The minimum absolute atomic E-state index is 0.00142. The highest BCUT2D eigenvalue weighted by molar-refractivity contribution is 6.01. The second kappa shape index (κ2) is 7.89. The Labute approximate surface area is 171 Å². The molecule has 1 aromatic rings. The lowest BCUT2D eigenvalue weighted by Gasteiger charge is -2.34. The molecule has 2 unspecified atom stereocenters. The first kappa shape index (κ1) is 20.9. The highest BCUT2D eigenvalue weighted by Gasteiger charge is 2.43. The van der Waals surface area contributed by atoms with Crippen LogP contribution in [0, 0.1) is 5.92 Å². The third-order valence-electron chi connectivity index (χ3n) is 5.33. The zero-order valence-electron chi connectivity index (χ0n) is 17.6. The maximum absolute atomic E-state index is 13.1. The molecule has 2 aliphatic rings. The topological polar surface area (TPSA) is 70.2 Å². The van der Waals surface area contributed by atoms with Gasteiger partial charge in [0.1, 0.15) is 5.60 Å². The smallest absolute Gasteiger partial charge is 0.410 e. The molecule has 0 radical (unpaired) electrons. The summed E-state index contributed by atoms with van der Waals surface area (Å²) in [6.07, 6.45) is 1.83. The van der Waals surface area contributed by atoms with E-state index in [1.807, 2.05) is 25.7 Å². The maximum Gasteiger partial charge on any atom is 0.410 e. The van der Waals surface area contributed by atoms with Crippen LogP contribution in [0.25, 0.3) is 0 Å². The fourth-order valence-corrected chi connectivity index (χ4v) is 3.94. The minimum Gasteiger partial charge on any atom is -0.444 e. The summed E-state index contributed by atoms with van der Waals surface area (Å²) in [6, 6.07) is 6.98. The van der Waals surface area contributed by atoms with Gasteiger partial charge in [0.05, 0.1) is 6.04 Å². The summed E-state index contributed by atoms with van der Waals surface area (Å²) in [5.74, 6) is 0.00766. The van der Waals surface area contributed by atoms with Crippen molar-refractivity contribution in [2.75, 3.05) is 31.6 Å². The quantitative estimate of drug-likeness (QED) is 0.733. The summed E-state index contributed by atoms with van der Waals surface area (Å²) < 4.78 is 5.49. The number of hydrogen-bond acceptors (Lipinski definition) is 4. The number of amides is 3. The lowest BCUT2D eigenvalue weighted by atomic mass is 10.0. The van der Waals surface area contributed by atoms with Crippen molar-refractivity contribution in [3.63, 3.8) is 0 Å². The van der Waals surface area contributed by atoms with Crippen LogP contribution in [0.3, 0.4) is 0 Å². The van der Waals surface area contributed by atoms with E-state index in [9.17, 15) is 14.4 Å². The van der Waals surface area contributed by atoms with E-state index in [0.717, 1.165) is 6.42 Å². The number of likely N-dealkylation sites (tertiary alicyclic amines) is 2. The molecular formula is C22H29N3O4. The van der Waals surface area contributed by atoms with Gasteiger partial charge in [-0.1, -0.05) is 6.58 Å². The van der Waals surface area contributed by atoms with E-state index < -0.39 is 5.60 Å². The molecule has 0 saturated carbocycles.